The van der Waals surface area contributed by atoms with Gasteiger partial charge in [-0.1, -0.05) is 6.92 Å². The molecule has 1 amide bonds. The fraction of sp³-hybridized carbons (Fsp3) is 0.333. The highest BCUT2D eigenvalue weighted by Gasteiger charge is 2.31. The number of rotatable bonds is 3. The van der Waals surface area contributed by atoms with Crippen LogP contribution in [-0.2, 0) is 15.7 Å². The Morgan fingerprint density at radius 3 is 2.50 bits per heavy atom. The number of halogens is 4. The normalized spacial score (nSPS) is 11.1. The Labute approximate surface area is 111 Å². The number of esters is 1. The first-order chi connectivity index (χ1) is 9.24. The zero-order valence-corrected chi connectivity index (χ0v) is 10.4. The minimum absolute atomic E-state index is 0.0293. The molecule has 1 aromatic rings. The molecule has 0 aliphatic heterocycles. The second-order valence-corrected chi connectivity index (χ2v) is 3.83. The molecule has 20 heavy (non-hydrogen) atoms. The van der Waals surface area contributed by atoms with Crippen molar-refractivity contribution in [1.82, 2.24) is 0 Å². The van der Waals surface area contributed by atoms with Crippen LogP contribution in [0.2, 0.25) is 0 Å². The van der Waals surface area contributed by atoms with Crippen molar-refractivity contribution < 1.29 is 31.9 Å². The molecule has 4 nitrogen and oxygen atoms in total. The first-order valence-corrected chi connectivity index (χ1v) is 5.62. The molecule has 0 aliphatic rings. The summed E-state index contributed by atoms with van der Waals surface area (Å²) < 4.78 is 54.8. The van der Waals surface area contributed by atoms with E-state index in [-0.39, 0.29) is 6.42 Å². The fourth-order valence-corrected chi connectivity index (χ4v) is 1.29. The summed E-state index contributed by atoms with van der Waals surface area (Å²) in [6, 6.07) is 1.52. The largest absolute Gasteiger partial charge is 0.419 e. The average molecular weight is 293 g/mol. The Morgan fingerprint density at radius 1 is 1.30 bits per heavy atom. The van der Waals surface area contributed by atoms with Gasteiger partial charge in [0, 0.05) is 6.42 Å². The van der Waals surface area contributed by atoms with E-state index < -0.39 is 35.3 Å². The van der Waals surface area contributed by atoms with Gasteiger partial charge in [-0.15, -0.1) is 0 Å². The zero-order chi connectivity index (χ0) is 15.3. The molecular weight excluding hydrogens is 282 g/mol. The molecule has 0 unspecified atom stereocenters. The third-order valence-electron chi connectivity index (χ3n) is 2.19. The van der Waals surface area contributed by atoms with Crippen LogP contribution < -0.4 is 5.32 Å². The van der Waals surface area contributed by atoms with E-state index >= 15 is 0 Å². The minimum Gasteiger partial charge on any atom is -0.376 e. The highest BCUT2D eigenvalue weighted by Crippen LogP contribution is 2.31. The van der Waals surface area contributed by atoms with E-state index in [0.29, 0.717) is 24.6 Å². The lowest BCUT2D eigenvalue weighted by molar-refractivity contribution is -0.138. The summed E-state index contributed by atoms with van der Waals surface area (Å²) in [6.45, 7) is 1.67. The van der Waals surface area contributed by atoms with Crippen LogP contribution in [-0.4, -0.2) is 12.1 Å². The fourth-order valence-electron chi connectivity index (χ4n) is 1.29. The molecule has 1 aromatic carbocycles. The number of hydrogen-bond donors (Lipinski definition) is 1. The first kappa shape index (κ1) is 15.9. The molecule has 1 N–H and O–H groups in total. The van der Waals surface area contributed by atoms with E-state index in [2.05, 4.69) is 4.74 Å². The van der Waals surface area contributed by atoms with E-state index in [1.807, 2.05) is 0 Å². The molecule has 0 aliphatic carbocycles. The number of carbonyl (C=O) groups is 2. The van der Waals surface area contributed by atoms with Crippen molar-refractivity contribution >= 4 is 17.7 Å². The van der Waals surface area contributed by atoms with Gasteiger partial charge in [0.15, 0.2) is 0 Å². The van der Waals surface area contributed by atoms with Crippen molar-refractivity contribution in [1.29, 1.82) is 0 Å². The van der Waals surface area contributed by atoms with Crippen LogP contribution in [0.25, 0.3) is 0 Å². The van der Waals surface area contributed by atoms with E-state index in [4.69, 9.17) is 0 Å². The second kappa shape index (κ2) is 6.36. The number of carbonyl (C=O) groups excluding carboxylic acids is 2. The SMILES string of the molecule is CCCC(=O)OC(=O)Nc1cc(C(F)(F)F)ccc1F. The molecule has 0 saturated carbocycles. The van der Waals surface area contributed by atoms with Gasteiger partial charge in [-0.05, 0) is 24.6 Å². The van der Waals surface area contributed by atoms with Crippen LogP contribution in [0.3, 0.4) is 0 Å². The average Bonchev–Trinajstić information content (AvgIpc) is 2.30. The van der Waals surface area contributed by atoms with Gasteiger partial charge in [0.2, 0.25) is 0 Å². The highest BCUT2D eigenvalue weighted by atomic mass is 19.4. The summed E-state index contributed by atoms with van der Waals surface area (Å²) in [5.41, 5.74) is -1.84. The summed E-state index contributed by atoms with van der Waals surface area (Å²) in [7, 11) is 0. The van der Waals surface area contributed by atoms with Crippen molar-refractivity contribution in [2.24, 2.45) is 0 Å². The molecule has 0 radical (unpaired) electrons. The number of benzene rings is 1. The number of alkyl halides is 3. The minimum atomic E-state index is -4.67. The number of nitrogens with one attached hydrogen (secondary N) is 1. The van der Waals surface area contributed by atoms with Crippen LogP contribution in [0.5, 0.6) is 0 Å². The van der Waals surface area contributed by atoms with E-state index in [9.17, 15) is 27.2 Å². The maximum atomic E-state index is 13.3. The van der Waals surface area contributed by atoms with E-state index in [1.165, 1.54) is 0 Å². The van der Waals surface area contributed by atoms with Crippen LogP contribution >= 0.6 is 0 Å². The predicted molar refractivity (Wildman–Crippen MR) is 61.4 cm³/mol. The second-order valence-electron chi connectivity index (χ2n) is 3.83. The molecule has 110 valence electrons. The Kier molecular flexibility index (Phi) is 5.06. The third kappa shape index (κ3) is 4.52. The molecule has 1 rings (SSSR count). The van der Waals surface area contributed by atoms with Gasteiger partial charge >= 0.3 is 18.2 Å². The van der Waals surface area contributed by atoms with Crippen LogP contribution in [0.4, 0.5) is 28.0 Å². The lowest BCUT2D eigenvalue weighted by Gasteiger charge is -2.10. The Morgan fingerprint density at radius 2 is 1.95 bits per heavy atom. The van der Waals surface area contributed by atoms with E-state index in [0.717, 1.165) is 0 Å². The van der Waals surface area contributed by atoms with Crippen LogP contribution in [0.15, 0.2) is 18.2 Å². The summed E-state index contributed by atoms with van der Waals surface area (Å²) in [6.07, 6.45) is -5.60. The number of ether oxygens (including phenoxy) is 1. The Hall–Kier alpha value is -2.12. The lowest BCUT2D eigenvalue weighted by atomic mass is 10.2. The standard InChI is InChI=1S/C12H11F4NO3/c1-2-3-10(18)20-11(19)17-9-6-7(12(14,15)16)4-5-8(9)13/h4-6H,2-3H2,1H3,(H,17,19). The van der Waals surface area contributed by atoms with Crippen LogP contribution in [0, 0.1) is 5.82 Å². The van der Waals surface area contributed by atoms with Gasteiger partial charge in [-0.25, -0.2) is 9.18 Å². The maximum absolute atomic E-state index is 13.3. The smallest absolute Gasteiger partial charge is 0.376 e. The summed E-state index contributed by atoms with van der Waals surface area (Å²) in [5, 5.41) is 1.76. The predicted octanol–water partition coefficient (Wildman–Crippen LogP) is 3.72. The van der Waals surface area contributed by atoms with Gasteiger partial charge in [0.05, 0.1) is 11.3 Å². The quantitative estimate of drug-likeness (QED) is 0.525. The molecule has 0 spiro atoms. The molecule has 0 saturated heterocycles. The van der Waals surface area contributed by atoms with Crippen molar-refractivity contribution in [3.8, 4) is 0 Å². The van der Waals surface area contributed by atoms with Crippen LogP contribution in [0.1, 0.15) is 25.3 Å². The van der Waals surface area contributed by atoms with Gasteiger partial charge in [-0.3, -0.25) is 10.1 Å². The topological polar surface area (TPSA) is 55.4 Å². The number of amides is 1. The maximum Gasteiger partial charge on any atom is 0.419 e. The van der Waals surface area contributed by atoms with E-state index in [1.54, 1.807) is 12.2 Å². The Bertz CT molecular complexity index is 514. The molecule has 0 aromatic heterocycles. The van der Waals surface area contributed by atoms with Crippen molar-refractivity contribution in [3.63, 3.8) is 0 Å². The summed E-state index contributed by atoms with van der Waals surface area (Å²) in [4.78, 5) is 22.2. The van der Waals surface area contributed by atoms with Gasteiger partial charge < -0.3 is 4.74 Å². The molecule has 0 fully saturated rings. The molecule has 0 bridgehead atoms. The van der Waals surface area contributed by atoms with Crippen molar-refractivity contribution in [3.05, 3.63) is 29.6 Å². The van der Waals surface area contributed by atoms with Gasteiger partial charge in [-0.2, -0.15) is 13.2 Å². The Balaban J connectivity index is 2.81. The highest BCUT2D eigenvalue weighted by molar-refractivity contribution is 5.93. The van der Waals surface area contributed by atoms with Gasteiger partial charge in [0.25, 0.3) is 0 Å². The number of hydrogen-bond acceptors (Lipinski definition) is 3. The van der Waals surface area contributed by atoms with Crippen molar-refractivity contribution in [2.45, 2.75) is 25.9 Å². The zero-order valence-electron chi connectivity index (χ0n) is 10.4. The molecule has 8 heteroatoms. The molecule has 0 atom stereocenters. The number of anilines is 1. The molecule has 0 heterocycles. The summed E-state index contributed by atoms with van der Waals surface area (Å²) >= 11 is 0. The summed E-state index contributed by atoms with van der Waals surface area (Å²) in [5.74, 6) is -1.92. The third-order valence-corrected chi connectivity index (χ3v) is 2.19. The molecular formula is C12H11F4NO3. The van der Waals surface area contributed by atoms with Gasteiger partial charge in [0.1, 0.15) is 5.82 Å². The van der Waals surface area contributed by atoms with Crippen molar-refractivity contribution in [2.75, 3.05) is 5.32 Å². The lowest BCUT2D eigenvalue weighted by Crippen LogP contribution is -2.19. The monoisotopic (exact) mass is 293 g/mol. The first-order valence-electron chi connectivity index (χ1n) is 5.62.